The monoisotopic (exact) mass is 310 g/mol. The molecule has 3 N–H and O–H groups in total. The average molecular weight is 311 g/mol. The van der Waals surface area contributed by atoms with Crippen molar-refractivity contribution in [3.05, 3.63) is 28.2 Å². The maximum Gasteiger partial charge on any atom is 0.253 e. The number of halogens is 1. The predicted molar refractivity (Wildman–Crippen MR) is 77.4 cm³/mol. The van der Waals surface area contributed by atoms with E-state index in [9.17, 15) is 4.79 Å². The Hall–Kier alpha value is -1.03. The Labute approximate surface area is 116 Å². The molecule has 0 atom stereocenters. The average Bonchev–Trinajstić information content (AvgIpc) is 2.60. The lowest BCUT2D eigenvalue weighted by molar-refractivity contribution is 0.0944. The van der Waals surface area contributed by atoms with Crippen molar-refractivity contribution < 1.29 is 4.79 Å². The number of anilines is 1. The molecule has 1 fully saturated rings. The number of nitrogens with two attached hydrogens (primary N) is 1. The molecule has 0 radical (unpaired) electrons. The third kappa shape index (κ3) is 1.92. The number of hydrogen-bond acceptors (Lipinski definition) is 2. The first-order valence-electron chi connectivity index (χ1n) is 6.04. The number of amides is 1. The van der Waals surface area contributed by atoms with Crippen molar-refractivity contribution in [2.24, 2.45) is 10.8 Å². The molecule has 0 aromatic heterocycles. The number of nitrogens with one attached hydrogen (secondary N) is 1. The van der Waals surface area contributed by atoms with E-state index in [1.54, 1.807) is 12.1 Å². The second-order valence-electron chi connectivity index (χ2n) is 6.08. The molecule has 3 nitrogen and oxygen atoms in total. The largest absolute Gasteiger partial charge is 0.398 e. The molecule has 1 aliphatic rings. The van der Waals surface area contributed by atoms with Gasteiger partial charge in [0.15, 0.2) is 0 Å². The highest BCUT2D eigenvalue weighted by molar-refractivity contribution is 9.10. The molecule has 1 aliphatic carbocycles. The van der Waals surface area contributed by atoms with Gasteiger partial charge in [0.05, 0.1) is 5.56 Å². The van der Waals surface area contributed by atoms with Gasteiger partial charge in [0.2, 0.25) is 0 Å². The number of benzene rings is 1. The van der Waals surface area contributed by atoms with Gasteiger partial charge in [-0.1, -0.05) is 43.6 Å². The number of carbonyl (C=O) groups excluding carboxylic acids is 1. The van der Waals surface area contributed by atoms with Crippen molar-refractivity contribution in [3.8, 4) is 0 Å². The Balaban J connectivity index is 2.15. The number of nitrogen functional groups attached to an aromatic ring is 1. The normalized spacial score (nSPS) is 20.5. The van der Waals surface area contributed by atoms with Crippen molar-refractivity contribution >= 4 is 27.5 Å². The topological polar surface area (TPSA) is 55.1 Å². The first-order chi connectivity index (χ1) is 8.18. The highest BCUT2D eigenvalue weighted by atomic mass is 79.9. The van der Waals surface area contributed by atoms with Gasteiger partial charge in [0, 0.05) is 16.2 Å². The van der Waals surface area contributed by atoms with Gasteiger partial charge >= 0.3 is 0 Å². The quantitative estimate of drug-likeness (QED) is 0.824. The van der Waals surface area contributed by atoms with Crippen LogP contribution in [0.4, 0.5) is 5.69 Å². The zero-order valence-electron chi connectivity index (χ0n) is 11.2. The molecule has 1 saturated carbocycles. The summed E-state index contributed by atoms with van der Waals surface area (Å²) < 4.78 is 0.878. The Kier molecular flexibility index (Phi) is 2.97. The van der Waals surface area contributed by atoms with Crippen LogP contribution in [0.15, 0.2) is 22.7 Å². The second kappa shape index (κ2) is 3.98. The minimum absolute atomic E-state index is 0.0938. The summed E-state index contributed by atoms with van der Waals surface area (Å²) in [5, 5.41) is 3.08. The van der Waals surface area contributed by atoms with Crippen molar-refractivity contribution in [3.63, 3.8) is 0 Å². The van der Waals surface area contributed by atoms with Crippen LogP contribution in [-0.4, -0.2) is 11.9 Å². The highest BCUT2D eigenvalue weighted by Crippen LogP contribution is 2.62. The van der Waals surface area contributed by atoms with Gasteiger partial charge in [-0.25, -0.2) is 0 Å². The lowest BCUT2D eigenvalue weighted by Gasteiger charge is -2.09. The van der Waals surface area contributed by atoms with Crippen molar-refractivity contribution in [1.82, 2.24) is 5.32 Å². The van der Waals surface area contributed by atoms with Gasteiger partial charge in [0.1, 0.15) is 0 Å². The summed E-state index contributed by atoms with van der Waals surface area (Å²) in [6.45, 7) is 8.68. The Bertz CT molecular complexity index is 495. The molecule has 0 aliphatic heterocycles. The van der Waals surface area contributed by atoms with E-state index in [2.05, 4.69) is 48.9 Å². The van der Waals surface area contributed by atoms with E-state index in [-0.39, 0.29) is 22.8 Å². The third-order valence-electron chi connectivity index (χ3n) is 4.55. The molecule has 0 heterocycles. The smallest absolute Gasteiger partial charge is 0.253 e. The first kappa shape index (κ1) is 13.4. The van der Waals surface area contributed by atoms with Crippen LogP contribution in [0.25, 0.3) is 0 Å². The maximum absolute atomic E-state index is 12.2. The molecule has 0 bridgehead atoms. The van der Waals surface area contributed by atoms with E-state index in [1.165, 1.54) is 0 Å². The minimum Gasteiger partial charge on any atom is -0.398 e. The van der Waals surface area contributed by atoms with Gasteiger partial charge in [-0.2, -0.15) is 0 Å². The van der Waals surface area contributed by atoms with Crippen molar-refractivity contribution in [2.45, 2.75) is 33.7 Å². The second-order valence-corrected chi connectivity index (χ2v) is 7.00. The number of hydrogen-bond donors (Lipinski definition) is 2. The van der Waals surface area contributed by atoms with Crippen LogP contribution in [0, 0.1) is 10.8 Å². The van der Waals surface area contributed by atoms with E-state index in [0.29, 0.717) is 11.3 Å². The summed E-state index contributed by atoms with van der Waals surface area (Å²) in [6, 6.07) is 5.52. The SMILES string of the molecule is CC1(C)C(NC(=O)c2ccc(Br)cc2N)C1(C)C. The Morgan fingerprint density at radius 1 is 1.28 bits per heavy atom. The van der Waals surface area contributed by atoms with Gasteiger partial charge in [-0.05, 0) is 29.0 Å². The predicted octanol–water partition coefficient (Wildman–Crippen LogP) is 3.20. The summed E-state index contributed by atoms with van der Waals surface area (Å²) >= 11 is 3.33. The molecule has 18 heavy (non-hydrogen) atoms. The van der Waals surface area contributed by atoms with E-state index in [0.717, 1.165) is 4.47 Å². The number of rotatable bonds is 2. The van der Waals surface area contributed by atoms with Gasteiger partial charge in [-0.15, -0.1) is 0 Å². The van der Waals surface area contributed by atoms with E-state index in [4.69, 9.17) is 5.73 Å². The standard InChI is InChI=1S/C14H19BrN2O/c1-13(2)12(14(13,3)4)17-11(18)9-6-5-8(15)7-10(9)16/h5-7,12H,16H2,1-4H3,(H,17,18). The fourth-order valence-corrected chi connectivity index (χ4v) is 2.89. The van der Waals surface area contributed by atoms with E-state index >= 15 is 0 Å². The molecule has 1 amide bonds. The summed E-state index contributed by atoms with van der Waals surface area (Å²) in [5.74, 6) is -0.0938. The molecule has 1 aromatic carbocycles. The van der Waals surface area contributed by atoms with Gasteiger partial charge in [0.25, 0.3) is 5.91 Å². The molecule has 4 heteroatoms. The molecule has 0 spiro atoms. The Morgan fingerprint density at radius 3 is 2.28 bits per heavy atom. The summed E-state index contributed by atoms with van der Waals surface area (Å²) in [6.07, 6.45) is 0. The van der Waals surface area contributed by atoms with Crippen LogP contribution >= 0.6 is 15.9 Å². The summed E-state index contributed by atoms with van der Waals surface area (Å²) in [5.41, 5.74) is 7.16. The summed E-state index contributed by atoms with van der Waals surface area (Å²) in [7, 11) is 0. The van der Waals surface area contributed by atoms with E-state index < -0.39 is 0 Å². The zero-order valence-corrected chi connectivity index (χ0v) is 12.8. The van der Waals surface area contributed by atoms with Crippen molar-refractivity contribution in [2.75, 3.05) is 5.73 Å². The molecule has 0 saturated heterocycles. The fraction of sp³-hybridized carbons (Fsp3) is 0.500. The lowest BCUT2D eigenvalue weighted by atomic mass is 10.0. The van der Waals surface area contributed by atoms with Crippen molar-refractivity contribution in [1.29, 1.82) is 0 Å². The lowest BCUT2D eigenvalue weighted by Crippen LogP contribution is -2.30. The molecule has 98 valence electrons. The molecule has 0 unspecified atom stereocenters. The fourth-order valence-electron chi connectivity index (χ4n) is 2.51. The van der Waals surface area contributed by atoms with Gasteiger partial charge in [-0.3, -0.25) is 4.79 Å². The molecular formula is C14H19BrN2O. The highest BCUT2D eigenvalue weighted by Gasteiger charge is 2.65. The van der Waals surface area contributed by atoms with Gasteiger partial charge < -0.3 is 11.1 Å². The van der Waals surface area contributed by atoms with Crippen LogP contribution in [0.2, 0.25) is 0 Å². The van der Waals surface area contributed by atoms with Crippen LogP contribution in [-0.2, 0) is 0 Å². The Morgan fingerprint density at radius 2 is 1.83 bits per heavy atom. The molecule has 2 rings (SSSR count). The minimum atomic E-state index is -0.0938. The van der Waals surface area contributed by atoms with Crippen LogP contribution < -0.4 is 11.1 Å². The third-order valence-corrected chi connectivity index (χ3v) is 5.05. The van der Waals surface area contributed by atoms with E-state index in [1.807, 2.05) is 6.07 Å². The molecule has 1 aromatic rings. The number of carbonyl (C=O) groups is 1. The zero-order chi connectivity index (χ0) is 13.7. The van der Waals surface area contributed by atoms with Crippen LogP contribution in [0.1, 0.15) is 38.1 Å². The maximum atomic E-state index is 12.2. The van der Waals surface area contributed by atoms with Crippen LogP contribution in [0.5, 0.6) is 0 Å². The van der Waals surface area contributed by atoms with Crippen LogP contribution in [0.3, 0.4) is 0 Å². The molecular weight excluding hydrogens is 292 g/mol. The first-order valence-corrected chi connectivity index (χ1v) is 6.83. The summed E-state index contributed by atoms with van der Waals surface area (Å²) in [4.78, 5) is 12.2.